The van der Waals surface area contributed by atoms with Gasteiger partial charge in [0.25, 0.3) is 5.69 Å². The highest BCUT2D eigenvalue weighted by atomic mass is 16.6. The van der Waals surface area contributed by atoms with E-state index in [1.807, 2.05) is 11.0 Å². The van der Waals surface area contributed by atoms with Crippen LogP contribution in [0.1, 0.15) is 23.2 Å². The summed E-state index contributed by atoms with van der Waals surface area (Å²) in [6, 6.07) is 11.7. The zero-order valence-electron chi connectivity index (χ0n) is 17.3. The van der Waals surface area contributed by atoms with E-state index < -0.39 is 28.7 Å². The summed E-state index contributed by atoms with van der Waals surface area (Å²) in [7, 11) is 1.33. The van der Waals surface area contributed by atoms with Crippen molar-refractivity contribution < 1.29 is 24.0 Å². The van der Waals surface area contributed by atoms with Gasteiger partial charge >= 0.3 is 0 Å². The number of hydrogen-bond donors (Lipinski definition) is 0. The summed E-state index contributed by atoms with van der Waals surface area (Å²) in [6.07, 6.45) is 1.60. The lowest BCUT2D eigenvalue weighted by atomic mass is 9.85. The summed E-state index contributed by atoms with van der Waals surface area (Å²) >= 11 is 0. The Labute approximate surface area is 183 Å². The van der Waals surface area contributed by atoms with Gasteiger partial charge in [-0.25, -0.2) is 4.90 Å². The lowest BCUT2D eigenvalue weighted by molar-refractivity contribution is -0.384. The number of imide groups is 1. The number of ether oxygens (including phenoxy) is 1. The largest absolute Gasteiger partial charge is 0.494 e. The molecular formula is C23H21N3O6. The molecule has 2 aromatic rings. The van der Waals surface area contributed by atoms with Crippen molar-refractivity contribution in [2.24, 2.45) is 11.8 Å². The van der Waals surface area contributed by atoms with E-state index in [1.54, 1.807) is 24.3 Å². The van der Waals surface area contributed by atoms with Gasteiger partial charge in [0.1, 0.15) is 5.75 Å². The molecular weight excluding hydrogens is 414 g/mol. The van der Waals surface area contributed by atoms with E-state index in [9.17, 15) is 24.5 Å². The fourth-order valence-corrected chi connectivity index (χ4v) is 5.49. The van der Waals surface area contributed by atoms with Crippen LogP contribution in [0.2, 0.25) is 0 Å². The summed E-state index contributed by atoms with van der Waals surface area (Å²) in [5, 5.41) is 11.1. The average molecular weight is 435 g/mol. The standard InChI is InChI=1S/C23H21N3O6/c1-32-17-12-14(26(30)31)9-10-15(17)25-22(28)18-16-8-5-11-24(16)20(19(18)23(25)29)21(27)13-6-3-2-4-7-13/h2-4,6-7,9-10,12,16,18-20H,5,8,11H2,1H3/t16-,18-,19-,20-/m0/s1. The van der Waals surface area contributed by atoms with Crippen molar-refractivity contribution in [3.8, 4) is 5.75 Å². The molecule has 2 amide bonds. The molecule has 4 atom stereocenters. The van der Waals surface area contributed by atoms with Crippen LogP contribution < -0.4 is 9.64 Å². The average Bonchev–Trinajstić information content (AvgIpc) is 3.45. The van der Waals surface area contributed by atoms with Crippen LogP contribution in [-0.4, -0.2) is 53.2 Å². The predicted molar refractivity (Wildman–Crippen MR) is 113 cm³/mol. The zero-order chi connectivity index (χ0) is 22.6. The van der Waals surface area contributed by atoms with E-state index in [0.29, 0.717) is 12.1 Å². The minimum absolute atomic E-state index is 0.0649. The Balaban J connectivity index is 1.56. The van der Waals surface area contributed by atoms with E-state index in [2.05, 4.69) is 0 Å². The van der Waals surface area contributed by atoms with E-state index in [-0.39, 0.29) is 34.9 Å². The molecule has 0 aliphatic carbocycles. The SMILES string of the molecule is COc1cc([N+](=O)[O-])ccc1N1C(=O)[C@@H]2[C@H](C1=O)[C@@H](C(=O)c1ccccc1)N1CCC[C@@H]21. The molecule has 3 saturated heterocycles. The molecule has 9 nitrogen and oxygen atoms in total. The van der Waals surface area contributed by atoms with Crippen molar-refractivity contribution in [1.82, 2.24) is 4.90 Å². The molecule has 0 N–H and O–H groups in total. The van der Waals surface area contributed by atoms with E-state index in [4.69, 9.17) is 4.74 Å². The molecule has 0 unspecified atom stereocenters. The van der Waals surface area contributed by atoms with Gasteiger partial charge in [0, 0.05) is 17.7 Å². The number of nitro benzene ring substituents is 1. The molecule has 5 rings (SSSR count). The van der Waals surface area contributed by atoms with Crippen molar-refractivity contribution in [3.05, 3.63) is 64.2 Å². The molecule has 0 radical (unpaired) electrons. The summed E-state index contributed by atoms with van der Waals surface area (Å²) in [5.74, 6) is -2.36. The summed E-state index contributed by atoms with van der Waals surface area (Å²) in [6.45, 7) is 0.669. The molecule has 32 heavy (non-hydrogen) atoms. The molecule has 3 aliphatic rings. The lowest BCUT2D eigenvalue weighted by Gasteiger charge is -2.28. The van der Waals surface area contributed by atoms with Gasteiger partial charge in [-0.2, -0.15) is 0 Å². The first kappa shape index (κ1) is 20.3. The lowest BCUT2D eigenvalue weighted by Crippen LogP contribution is -2.46. The number of nitrogens with zero attached hydrogens (tertiary/aromatic N) is 3. The smallest absolute Gasteiger partial charge is 0.273 e. The van der Waals surface area contributed by atoms with Crippen LogP contribution in [0.5, 0.6) is 5.75 Å². The van der Waals surface area contributed by atoms with Crippen LogP contribution in [0.15, 0.2) is 48.5 Å². The molecule has 164 valence electrons. The Bertz CT molecular complexity index is 1130. The molecule has 0 bridgehead atoms. The van der Waals surface area contributed by atoms with Crippen LogP contribution in [0, 0.1) is 22.0 Å². The Morgan fingerprint density at radius 3 is 2.50 bits per heavy atom. The normalized spacial score (nSPS) is 26.8. The number of carbonyl (C=O) groups excluding carboxylic acids is 3. The molecule has 3 heterocycles. The first-order valence-corrected chi connectivity index (χ1v) is 10.5. The van der Waals surface area contributed by atoms with Crippen LogP contribution in [-0.2, 0) is 9.59 Å². The molecule has 0 aromatic heterocycles. The van der Waals surface area contributed by atoms with Crippen LogP contribution >= 0.6 is 0 Å². The number of methoxy groups -OCH3 is 1. The number of benzene rings is 2. The summed E-state index contributed by atoms with van der Waals surface area (Å²) in [4.78, 5) is 54.2. The highest BCUT2D eigenvalue weighted by Crippen LogP contribution is 2.49. The van der Waals surface area contributed by atoms with E-state index >= 15 is 0 Å². The third kappa shape index (κ3) is 2.85. The number of fused-ring (bicyclic) bond motifs is 3. The molecule has 3 aliphatic heterocycles. The number of non-ortho nitro benzene ring substituents is 1. The molecule has 0 saturated carbocycles. The molecule has 2 aromatic carbocycles. The van der Waals surface area contributed by atoms with Crippen LogP contribution in [0.3, 0.4) is 0 Å². The number of hydrogen-bond acceptors (Lipinski definition) is 7. The maximum Gasteiger partial charge on any atom is 0.273 e. The minimum atomic E-state index is -0.791. The van der Waals surface area contributed by atoms with Crippen LogP contribution in [0.4, 0.5) is 11.4 Å². The third-order valence-corrected chi connectivity index (χ3v) is 6.79. The number of rotatable bonds is 5. The monoisotopic (exact) mass is 435 g/mol. The number of ketones is 1. The second kappa shape index (κ2) is 7.52. The highest BCUT2D eigenvalue weighted by molar-refractivity contribution is 6.25. The van der Waals surface area contributed by atoms with Gasteiger partial charge in [0.2, 0.25) is 11.8 Å². The van der Waals surface area contributed by atoms with Crippen molar-refractivity contribution in [1.29, 1.82) is 0 Å². The van der Waals surface area contributed by atoms with Crippen molar-refractivity contribution in [3.63, 3.8) is 0 Å². The van der Waals surface area contributed by atoms with Crippen molar-refractivity contribution in [2.75, 3.05) is 18.6 Å². The van der Waals surface area contributed by atoms with Crippen LogP contribution in [0.25, 0.3) is 0 Å². The maximum absolute atomic E-state index is 13.6. The number of anilines is 1. The minimum Gasteiger partial charge on any atom is -0.494 e. The Hall–Kier alpha value is -3.59. The summed E-state index contributed by atoms with van der Waals surface area (Å²) in [5.41, 5.74) is 0.470. The van der Waals surface area contributed by atoms with Gasteiger partial charge in [0.15, 0.2) is 5.78 Å². The van der Waals surface area contributed by atoms with Crippen molar-refractivity contribution in [2.45, 2.75) is 24.9 Å². The van der Waals surface area contributed by atoms with Gasteiger partial charge in [-0.3, -0.25) is 29.4 Å². The van der Waals surface area contributed by atoms with Crippen molar-refractivity contribution >= 4 is 29.0 Å². The Morgan fingerprint density at radius 2 is 1.81 bits per heavy atom. The highest BCUT2D eigenvalue weighted by Gasteiger charge is 2.65. The first-order valence-electron chi connectivity index (χ1n) is 10.5. The molecule has 3 fully saturated rings. The fraction of sp³-hybridized carbons (Fsp3) is 0.348. The van der Waals surface area contributed by atoms with E-state index in [1.165, 1.54) is 25.3 Å². The number of Topliss-reactive ketones (excluding diaryl/α,β-unsaturated/α-hetero) is 1. The number of amides is 2. The van der Waals surface area contributed by atoms with Gasteiger partial charge in [0.05, 0.1) is 41.7 Å². The number of carbonyl (C=O) groups is 3. The van der Waals surface area contributed by atoms with E-state index in [0.717, 1.165) is 17.7 Å². The maximum atomic E-state index is 13.6. The van der Waals surface area contributed by atoms with Gasteiger partial charge in [-0.05, 0) is 25.5 Å². The Morgan fingerprint density at radius 1 is 1.09 bits per heavy atom. The molecule has 9 heteroatoms. The Kier molecular flexibility index (Phi) is 4.78. The van der Waals surface area contributed by atoms with Gasteiger partial charge < -0.3 is 4.74 Å². The first-order chi connectivity index (χ1) is 15.4. The molecule has 0 spiro atoms. The third-order valence-electron chi connectivity index (χ3n) is 6.79. The topological polar surface area (TPSA) is 110 Å². The van der Waals surface area contributed by atoms with Gasteiger partial charge in [-0.1, -0.05) is 30.3 Å². The second-order valence-corrected chi connectivity index (χ2v) is 8.30. The summed E-state index contributed by atoms with van der Waals surface area (Å²) < 4.78 is 5.27. The predicted octanol–water partition coefficient (Wildman–Crippen LogP) is 2.44. The number of nitro groups is 1. The fourth-order valence-electron chi connectivity index (χ4n) is 5.49. The zero-order valence-corrected chi connectivity index (χ0v) is 17.3. The second-order valence-electron chi connectivity index (χ2n) is 8.30. The quantitative estimate of drug-likeness (QED) is 0.307. The van der Waals surface area contributed by atoms with Gasteiger partial charge in [-0.15, -0.1) is 0 Å².